The van der Waals surface area contributed by atoms with Crippen LogP contribution in [0.4, 0.5) is 0 Å². The van der Waals surface area contributed by atoms with Gasteiger partial charge in [0.1, 0.15) is 6.04 Å². The normalized spacial score (nSPS) is 18.1. The minimum atomic E-state index is -0.462. The number of carbonyl (C=O) groups is 2. The molecule has 2 amide bonds. The Hall–Kier alpha value is -1.56. The van der Waals surface area contributed by atoms with E-state index in [2.05, 4.69) is 4.98 Å². The maximum atomic E-state index is 12.7. The molecule has 0 N–H and O–H groups in total. The summed E-state index contributed by atoms with van der Waals surface area (Å²) in [5.41, 5.74) is 0.506. The molecule has 1 atom stereocenters. The molecule has 0 aromatic carbocycles. The lowest BCUT2D eigenvalue weighted by molar-refractivity contribution is -0.147. The Morgan fingerprint density at radius 3 is 2.74 bits per heavy atom. The van der Waals surface area contributed by atoms with Crippen LogP contribution >= 0.6 is 11.8 Å². The van der Waals surface area contributed by atoms with Crippen LogP contribution in [-0.2, 0) is 16.0 Å². The van der Waals surface area contributed by atoms with E-state index >= 15 is 0 Å². The first-order valence-electron chi connectivity index (χ1n) is 7.84. The number of amides is 2. The number of thioether (sulfide) groups is 1. The molecular formula is C17H25N3O2S. The molecule has 5 nitrogen and oxygen atoms in total. The Labute approximate surface area is 142 Å². The van der Waals surface area contributed by atoms with Gasteiger partial charge in [0.05, 0.1) is 5.88 Å². The smallest absolute Gasteiger partial charge is 0.246 e. The standard InChI is InChI=1S/C17H25N3O2S/c1-17(2,3)16(22)20-12-23-11-14(20)15(21)19(4)10-8-13-7-5-6-9-18-13/h5-7,9,14H,8,10-12H2,1-4H3. The van der Waals surface area contributed by atoms with E-state index in [-0.39, 0.29) is 17.9 Å². The first kappa shape index (κ1) is 17.8. The topological polar surface area (TPSA) is 53.5 Å². The Bertz CT molecular complexity index is 557. The lowest BCUT2D eigenvalue weighted by Crippen LogP contribution is -2.51. The molecule has 0 radical (unpaired) electrons. The lowest BCUT2D eigenvalue weighted by atomic mass is 9.94. The van der Waals surface area contributed by atoms with Crippen molar-refractivity contribution in [3.8, 4) is 0 Å². The molecule has 1 saturated heterocycles. The van der Waals surface area contributed by atoms with Crippen LogP contribution in [0.1, 0.15) is 26.5 Å². The molecule has 126 valence electrons. The van der Waals surface area contributed by atoms with E-state index in [9.17, 15) is 9.59 Å². The van der Waals surface area contributed by atoms with Crippen molar-refractivity contribution >= 4 is 23.6 Å². The fourth-order valence-corrected chi connectivity index (χ4v) is 3.62. The third kappa shape index (κ3) is 4.47. The van der Waals surface area contributed by atoms with Crippen LogP contribution in [0.25, 0.3) is 0 Å². The number of rotatable bonds is 4. The summed E-state index contributed by atoms with van der Waals surface area (Å²) < 4.78 is 0. The zero-order valence-electron chi connectivity index (χ0n) is 14.3. The van der Waals surface area contributed by atoms with Crippen molar-refractivity contribution in [3.63, 3.8) is 0 Å². The van der Waals surface area contributed by atoms with Crippen LogP contribution in [-0.4, -0.2) is 57.9 Å². The van der Waals surface area contributed by atoms with E-state index in [1.165, 1.54) is 0 Å². The summed E-state index contributed by atoms with van der Waals surface area (Å²) >= 11 is 1.64. The second-order valence-electron chi connectivity index (χ2n) is 6.87. The summed E-state index contributed by atoms with van der Waals surface area (Å²) in [6.07, 6.45) is 2.48. The summed E-state index contributed by atoms with van der Waals surface area (Å²) in [6.45, 7) is 6.29. The summed E-state index contributed by atoms with van der Waals surface area (Å²) in [5.74, 6) is 1.33. The lowest BCUT2D eigenvalue weighted by Gasteiger charge is -2.31. The van der Waals surface area contributed by atoms with Gasteiger partial charge in [-0.3, -0.25) is 14.6 Å². The summed E-state index contributed by atoms with van der Waals surface area (Å²) in [5, 5.41) is 0. The molecule has 1 aliphatic heterocycles. The van der Waals surface area contributed by atoms with Crippen LogP contribution in [0.5, 0.6) is 0 Å². The van der Waals surface area contributed by atoms with E-state index in [1.807, 2.05) is 39.0 Å². The molecule has 0 saturated carbocycles. The molecule has 1 aromatic rings. The van der Waals surface area contributed by atoms with Gasteiger partial charge in [-0.15, -0.1) is 11.8 Å². The Kier molecular flexibility index (Phi) is 5.68. The van der Waals surface area contributed by atoms with Crippen molar-refractivity contribution in [3.05, 3.63) is 30.1 Å². The van der Waals surface area contributed by atoms with Crippen LogP contribution in [0.3, 0.4) is 0 Å². The maximum Gasteiger partial charge on any atom is 0.246 e. The third-order valence-electron chi connectivity index (χ3n) is 3.88. The predicted octanol–water partition coefficient (Wildman–Crippen LogP) is 2.03. The number of aromatic nitrogens is 1. The zero-order valence-corrected chi connectivity index (χ0v) is 15.1. The van der Waals surface area contributed by atoms with Gasteiger partial charge in [-0.05, 0) is 12.1 Å². The highest BCUT2D eigenvalue weighted by Gasteiger charge is 2.39. The monoisotopic (exact) mass is 335 g/mol. The van der Waals surface area contributed by atoms with Crippen LogP contribution in [0.15, 0.2) is 24.4 Å². The minimum Gasteiger partial charge on any atom is -0.344 e. The molecule has 1 unspecified atom stereocenters. The van der Waals surface area contributed by atoms with Gasteiger partial charge in [-0.25, -0.2) is 0 Å². The molecule has 2 heterocycles. The number of nitrogens with zero attached hydrogens (tertiary/aromatic N) is 3. The fourth-order valence-electron chi connectivity index (χ4n) is 2.47. The van der Waals surface area contributed by atoms with Crippen molar-refractivity contribution < 1.29 is 9.59 Å². The van der Waals surface area contributed by atoms with E-state index in [0.717, 1.165) is 12.1 Å². The number of pyridine rings is 1. The molecule has 0 aliphatic carbocycles. The van der Waals surface area contributed by atoms with Crippen molar-refractivity contribution in [1.29, 1.82) is 0 Å². The molecule has 1 aromatic heterocycles. The summed E-state index contributed by atoms with van der Waals surface area (Å²) in [7, 11) is 1.80. The van der Waals surface area contributed by atoms with Crippen LogP contribution < -0.4 is 0 Å². The number of hydrogen-bond acceptors (Lipinski definition) is 4. The Morgan fingerprint density at radius 2 is 2.13 bits per heavy atom. The van der Waals surface area contributed by atoms with Crippen molar-refractivity contribution in [1.82, 2.24) is 14.8 Å². The SMILES string of the molecule is CN(CCc1ccccn1)C(=O)C1CSCN1C(=O)C(C)(C)C. The molecule has 0 bridgehead atoms. The van der Waals surface area contributed by atoms with E-state index < -0.39 is 5.41 Å². The van der Waals surface area contributed by atoms with Gasteiger partial charge < -0.3 is 9.80 Å². The average Bonchev–Trinajstić information content (AvgIpc) is 3.00. The number of carbonyl (C=O) groups excluding carboxylic acids is 2. The van der Waals surface area contributed by atoms with Crippen LogP contribution in [0, 0.1) is 5.41 Å². The highest BCUT2D eigenvalue weighted by Crippen LogP contribution is 2.28. The number of hydrogen-bond donors (Lipinski definition) is 0. The highest BCUT2D eigenvalue weighted by molar-refractivity contribution is 7.99. The molecule has 6 heteroatoms. The Morgan fingerprint density at radius 1 is 1.39 bits per heavy atom. The second kappa shape index (κ2) is 7.34. The quantitative estimate of drug-likeness (QED) is 0.845. The third-order valence-corrected chi connectivity index (χ3v) is 4.89. The average molecular weight is 335 g/mol. The van der Waals surface area contributed by atoms with Crippen molar-refractivity contribution in [2.75, 3.05) is 25.2 Å². The van der Waals surface area contributed by atoms with Gasteiger partial charge in [-0.1, -0.05) is 26.8 Å². The fraction of sp³-hybridized carbons (Fsp3) is 0.588. The van der Waals surface area contributed by atoms with Gasteiger partial charge in [-0.2, -0.15) is 0 Å². The van der Waals surface area contributed by atoms with E-state index in [1.54, 1.807) is 34.8 Å². The first-order valence-corrected chi connectivity index (χ1v) is 9.00. The Balaban J connectivity index is 1.96. The van der Waals surface area contributed by atoms with E-state index in [0.29, 0.717) is 18.2 Å². The molecule has 1 fully saturated rings. The van der Waals surface area contributed by atoms with Gasteiger partial charge in [0.15, 0.2) is 0 Å². The molecular weight excluding hydrogens is 310 g/mol. The maximum absolute atomic E-state index is 12.7. The molecule has 2 rings (SSSR count). The largest absolute Gasteiger partial charge is 0.344 e. The van der Waals surface area contributed by atoms with Crippen LogP contribution in [0.2, 0.25) is 0 Å². The van der Waals surface area contributed by atoms with Gasteiger partial charge in [0.25, 0.3) is 0 Å². The number of likely N-dealkylation sites (N-methyl/N-ethyl adjacent to an activating group) is 1. The van der Waals surface area contributed by atoms with E-state index in [4.69, 9.17) is 0 Å². The highest BCUT2D eigenvalue weighted by atomic mass is 32.2. The second-order valence-corrected chi connectivity index (χ2v) is 7.87. The first-order chi connectivity index (χ1) is 10.8. The van der Waals surface area contributed by atoms with Gasteiger partial charge in [0.2, 0.25) is 11.8 Å². The van der Waals surface area contributed by atoms with Crippen molar-refractivity contribution in [2.45, 2.75) is 33.2 Å². The summed E-state index contributed by atoms with van der Waals surface area (Å²) in [6, 6.07) is 5.44. The predicted molar refractivity (Wildman–Crippen MR) is 93.0 cm³/mol. The van der Waals surface area contributed by atoms with Crippen molar-refractivity contribution in [2.24, 2.45) is 5.41 Å². The molecule has 0 spiro atoms. The van der Waals surface area contributed by atoms with Gasteiger partial charge >= 0.3 is 0 Å². The molecule has 1 aliphatic rings. The zero-order chi connectivity index (χ0) is 17.0. The molecule has 23 heavy (non-hydrogen) atoms. The van der Waals surface area contributed by atoms with Gasteiger partial charge in [0, 0.05) is 43.1 Å². The minimum absolute atomic E-state index is 0.0172. The summed E-state index contributed by atoms with van der Waals surface area (Å²) in [4.78, 5) is 32.9.